The Labute approximate surface area is 65.6 Å². The van der Waals surface area contributed by atoms with E-state index in [1.807, 2.05) is 13.1 Å². The Balaban J connectivity index is 3.56. The van der Waals surface area contributed by atoms with Gasteiger partial charge in [0.15, 0.2) is 8.32 Å². The minimum Gasteiger partial charge on any atom is -0.432 e. The molecule has 62 valence electrons. The molecule has 0 heterocycles. The van der Waals surface area contributed by atoms with Crippen molar-refractivity contribution < 1.29 is 4.80 Å². The second-order valence-electron chi connectivity index (χ2n) is 4.87. The van der Waals surface area contributed by atoms with Crippen molar-refractivity contribution in [2.75, 3.05) is 0 Å². The quantitative estimate of drug-likeness (QED) is 0.616. The first-order valence-electron chi connectivity index (χ1n) is 3.93. The highest BCUT2D eigenvalue weighted by Crippen LogP contribution is 2.24. The van der Waals surface area contributed by atoms with Gasteiger partial charge in [-0.2, -0.15) is 0 Å². The van der Waals surface area contributed by atoms with Gasteiger partial charge in [0.2, 0.25) is 0 Å². The Morgan fingerprint density at radius 2 is 1.60 bits per heavy atom. The van der Waals surface area contributed by atoms with Gasteiger partial charge in [0, 0.05) is 0 Å². The summed E-state index contributed by atoms with van der Waals surface area (Å²) in [6.07, 6.45) is 1.14. The fraction of sp³-hybridized carbons (Fsp3) is 1.00. The highest BCUT2D eigenvalue weighted by atomic mass is 28.4. The van der Waals surface area contributed by atoms with Crippen LogP contribution in [0.3, 0.4) is 0 Å². The van der Waals surface area contributed by atoms with Crippen molar-refractivity contribution in [2.45, 2.75) is 46.3 Å². The lowest BCUT2D eigenvalue weighted by Gasteiger charge is -2.22. The van der Waals surface area contributed by atoms with E-state index in [-0.39, 0.29) is 0 Å². The Morgan fingerprint density at radius 1 is 1.20 bits per heavy atom. The molecule has 0 aliphatic carbocycles. The topological polar surface area (TPSA) is 20.2 Å². The zero-order chi connectivity index (χ0) is 8.41. The molecule has 0 saturated heterocycles. The third kappa shape index (κ3) is 8.18. The van der Waals surface area contributed by atoms with Crippen LogP contribution in [0.4, 0.5) is 0 Å². The predicted octanol–water partition coefficient (Wildman–Crippen LogP) is 2.62. The van der Waals surface area contributed by atoms with Gasteiger partial charge >= 0.3 is 0 Å². The SMILES string of the molecule is CC(C)(C)CC[Si](C)(C)O. The molecule has 0 fully saturated rings. The molecule has 0 aromatic rings. The second-order valence-corrected chi connectivity index (χ2v) is 9.00. The smallest absolute Gasteiger partial charge is 0.182 e. The monoisotopic (exact) mass is 160 g/mol. The molecule has 0 spiro atoms. The summed E-state index contributed by atoms with van der Waals surface area (Å²) in [5.41, 5.74) is 0.382. The molecule has 2 heteroatoms. The normalized spacial score (nSPS) is 13.8. The number of hydrogen-bond donors (Lipinski definition) is 1. The Kier molecular flexibility index (Phi) is 3.11. The van der Waals surface area contributed by atoms with Gasteiger partial charge < -0.3 is 4.80 Å². The Hall–Kier alpha value is 0.177. The first-order valence-corrected chi connectivity index (χ1v) is 7.09. The molecule has 0 bridgehead atoms. The van der Waals surface area contributed by atoms with Crippen molar-refractivity contribution in [3.8, 4) is 0 Å². The van der Waals surface area contributed by atoms with Crippen molar-refractivity contribution in [3.63, 3.8) is 0 Å². The van der Waals surface area contributed by atoms with E-state index in [0.29, 0.717) is 5.41 Å². The van der Waals surface area contributed by atoms with Gasteiger partial charge in [-0.3, -0.25) is 0 Å². The molecule has 0 unspecified atom stereocenters. The van der Waals surface area contributed by atoms with Crippen molar-refractivity contribution >= 4 is 8.32 Å². The molecular weight excluding hydrogens is 140 g/mol. The molecule has 0 aromatic carbocycles. The van der Waals surface area contributed by atoms with Gasteiger partial charge in [-0.05, 0) is 31.0 Å². The van der Waals surface area contributed by atoms with Crippen LogP contribution >= 0.6 is 0 Å². The van der Waals surface area contributed by atoms with Crippen LogP contribution in [0.5, 0.6) is 0 Å². The summed E-state index contributed by atoms with van der Waals surface area (Å²) in [6, 6.07) is 1.02. The van der Waals surface area contributed by atoms with Crippen LogP contribution in [0.2, 0.25) is 19.1 Å². The van der Waals surface area contributed by atoms with Crippen LogP contribution in [0, 0.1) is 5.41 Å². The van der Waals surface area contributed by atoms with Gasteiger partial charge in [0.1, 0.15) is 0 Å². The summed E-state index contributed by atoms with van der Waals surface area (Å²) in [6.45, 7) is 10.6. The third-order valence-corrected chi connectivity index (χ3v) is 2.96. The van der Waals surface area contributed by atoms with Crippen molar-refractivity contribution in [2.24, 2.45) is 5.41 Å². The molecule has 0 radical (unpaired) electrons. The summed E-state index contributed by atoms with van der Waals surface area (Å²) < 4.78 is 0. The third-order valence-electron chi connectivity index (χ3n) is 1.49. The molecule has 0 aliphatic heterocycles. The van der Waals surface area contributed by atoms with Gasteiger partial charge in [-0.15, -0.1) is 0 Å². The maximum absolute atomic E-state index is 9.52. The summed E-state index contributed by atoms with van der Waals surface area (Å²) in [4.78, 5) is 9.52. The van der Waals surface area contributed by atoms with Crippen LogP contribution in [0.25, 0.3) is 0 Å². The van der Waals surface area contributed by atoms with E-state index in [9.17, 15) is 4.80 Å². The molecule has 0 aromatic heterocycles. The van der Waals surface area contributed by atoms with E-state index < -0.39 is 8.32 Å². The maximum atomic E-state index is 9.52. The molecule has 0 aliphatic rings. The molecule has 0 amide bonds. The van der Waals surface area contributed by atoms with Gasteiger partial charge in [-0.1, -0.05) is 20.8 Å². The zero-order valence-electron chi connectivity index (χ0n) is 7.86. The fourth-order valence-corrected chi connectivity index (χ4v) is 2.04. The summed E-state index contributed by atoms with van der Waals surface area (Å²) in [5.74, 6) is 0. The first kappa shape index (κ1) is 10.2. The second kappa shape index (κ2) is 3.05. The average Bonchev–Trinajstić information content (AvgIpc) is 1.57. The van der Waals surface area contributed by atoms with E-state index in [2.05, 4.69) is 20.8 Å². The summed E-state index contributed by atoms with van der Waals surface area (Å²) in [7, 11) is -1.77. The zero-order valence-corrected chi connectivity index (χ0v) is 8.86. The van der Waals surface area contributed by atoms with E-state index in [1.54, 1.807) is 0 Å². The highest BCUT2D eigenvalue weighted by Gasteiger charge is 2.20. The number of hydrogen-bond acceptors (Lipinski definition) is 1. The Bertz CT molecular complexity index is 82.8. The standard InChI is InChI=1S/C8H20OSi/c1-8(2,3)6-7-10(4,5)9/h9H,6-7H2,1-5H3. The fourth-order valence-electron chi connectivity index (χ4n) is 0.681. The molecule has 1 nitrogen and oxygen atoms in total. The first-order chi connectivity index (χ1) is 4.21. The van der Waals surface area contributed by atoms with Crippen LogP contribution in [0.15, 0.2) is 0 Å². The average molecular weight is 160 g/mol. The van der Waals surface area contributed by atoms with Crippen molar-refractivity contribution in [1.82, 2.24) is 0 Å². The lowest BCUT2D eigenvalue weighted by Crippen LogP contribution is -2.26. The predicted molar refractivity (Wildman–Crippen MR) is 48.6 cm³/mol. The van der Waals surface area contributed by atoms with E-state index >= 15 is 0 Å². The largest absolute Gasteiger partial charge is 0.432 e. The van der Waals surface area contributed by atoms with E-state index in [1.165, 1.54) is 0 Å². The number of rotatable bonds is 2. The van der Waals surface area contributed by atoms with Crippen LogP contribution < -0.4 is 0 Å². The van der Waals surface area contributed by atoms with Crippen molar-refractivity contribution in [3.05, 3.63) is 0 Å². The summed E-state index contributed by atoms with van der Waals surface area (Å²) >= 11 is 0. The minimum absolute atomic E-state index is 0.382. The molecule has 0 atom stereocenters. The molecule has 0 rings (SSSR count). The lowest BCUT2D eigenvalue weighted by atomic mass is 9.94. The molecule has 0 saturated carbocycles. The maximum Gasteiger partial charge on any atom is 0.182 e. The van der Waals surface area contributed by atoms with Crippen LogP contribution in [-0.2, 0) is 0 Å². The Morgan fingerprint density at radius 3 is 1.70 bits per heavy atom. The minimum atomic E-state index is -1.77. The van der Waals surface area contributed by atoms with Crippen LogP contribution in [0.1, 0.15) is 27.2 Å². The van der Waals surface area contributed by atoms with E-state index in [0.717, 1.165) is 12.5 Å². The summed E-state index contributed by atoms with van der Waals surface area (Å²) in [5, 5.41) is 0. The molecular formula is C8H20OSi. The lowest BCUT2D eigenvalue weighted by molar-refractivity contribution is 0.386. The van der Waals surface area contributed by atoms with Gasteiger partial charge in [-0.25, -0.2) is 0 Å². The van der Waals surface area contributed by atoms with Gasteiger partial charge in [0.25, 0.3) is 0 Å². The molecule has 10 heavy (non-hydrogen) atoms. The van der Waals surface area contributed by atoms with Gasteiger partial charge in [0.05, 0.1) is 0 Å². The van der Waals surface area contributed by atoms with E-state index in [4.69, 9.17) is 0 Å². The molecule has 1 N–H and O–H groups in total. The van der Waals surface area contributed by atoms with Crippen LogP contribution in [-0.4, -0.2) is 13.1 Å². The highest BCUT2D eigenvalue weighted by molar-refractivity contribution is 6.69. The van der Waals surface area contributed by atoms with Crippen molar-refractivity contribution in [1.29, 1.82) is 0 Å².